The molecule has 20 heavy (non-hydrogen) atoms. The Morgan fingerprint density at radius 1 is 1.20 bits per heavy atom. The number of nitrogens with one attached hydrogen (secondary N) is 1. The van der Waals surface area contributed by atoms with Gasteiger partial charge in [-0.25, -0.2) is 0 Å². The molecule has 5 heteroatoms. The summed E-state index contributed by atoms with van der Waals surface area (Å²) in [6.45, 7) is 1.93. The molecule has 0 radical (unpaired) electrons. The number of hydrogen-bond acceptors (Lipinski definition) is 2. The summed E-state index contributed by atoms with van der Waals surface area (Å²) >= 11 is 11.8. The number of carbonyl (C=O) groups is 1. The van der Waals surface area contributed by atoms with Crippen LogP contribution >= 0.6 is 23.2 Å². The second-order valence-electron chi connectivity index (χ2n) is 4.49. The van der Waals surface area contributed by atoms with Crippen molar-refractivity contribution in [2.24, 2.45) is 0 Å². The van der Waals surface area contributed by atoms with E-state index >= 15 is 0 Å². The maximum Gasteiger partial charge on any atom is 0.224 e. The normalized spacial score (nSPS) is 11.9. The van der Waals surface area contributed by atoms with E-state index in [4.69, 9.17) is 23.2 Å². The fraction of sp³-hybridized carbons (Fsp3) is 0.200. The van der Waals surface area contributed by atoms with Crippen molar-refractivity contribution in [3.05, 3.63) is 63.9 Å². The molecule has 2 rings (SSSR count). The second kappa shape index (κ2) is 6.73. The van der Waals surface area contributed by atoms with Crippen molar-refractivity contribution in [1.29, 1.82) is 0 Å². The van der Waals surface area contributed by atoms with Gasteiger partial charge in [0.05, 0.1) is 22.5 Å². The SMILES string of the molecule is C[C@@H](NC(=O)Cc1ccc(Cl)c(Cl)c1)c1ccncc1. The van der Waals surface area contributed by atoms with Crippen molar-refractivity contribution in [3.8, 4) is 0 Å². The van der Waals surface area contributed by atoms with Crippen LogP contribution in [0.5, 0.6) is 0 Å². The quantitative estimate of drug-likeness (QED) is 0.933. The van der Waals surface area contributed by atoms with Crippen molar-refractivity contribution in [2.45, 2.75) is 19.4 Å². The van der Waals surface area contributed by atoms with Gasteiger partial charge in [0.1, 0.15) is 0 Å². The van der Waals surface area contributed by atoms with E-state index in [1.165, 1.54) is 0 Å². The summed E-state index contributed by atoms with van der Waals surface area (Å²) < 4.78 is 0. The van der Waals surface area contributed by atoms with Gasteiger partial charge in [-0.05, 0) is 42.3 Å². The molecule has 1 amide bonds. The van der Waals surface area contributed by atoms with Crippen LogP contribution in [0.15, 0.2) is 42.7 Å². The van der Waals surface area contributed by atoms with Crippen LogP contribution in [-0.2, 0) is 11.2 Å². The van der Waals surface area contributed by atoms with Gasteiger partial charge in [-0.3, -0.25) is 9.78 Å². The molecule has 0 aliphatic carbocycles. The van der Waals surface area contributed by atoms with Crippen molar-refractivity contribution in [3.63, 3.8) is 0 Å². The van der Waals surface area contributed by atoms with Crippen LogP contribution in [0.3, 0.4) is 0 Å². The first-order valence-corrected chi connectivity index (χ1v) is 6.95. The molecule has 1 atom stereocenters. The fourth-order valence-electron chi connectivity index (χ4n) is 1.86. The van der Waals surface area contributed by atoms with E-state index in [0.29, 0.717) is 10.0 Å². The monoisotopic (exact) mass is 308 g/mol. The Labute approximate surface area is 127 Å². The molecule has 0 fully saturated rings. The molecular weight excluding hydrogens is 295 g/mol. The van der Waals surface area contributed by atoms with Crippen molar-refractivity contribution >= 4 is 29.1 Å². The van der Waals surface area contributed by atoms with Crippen LogP contribution in [0.25, 0.3) is 0 Å². The van der Waals surface area contributed by atoms with Gasteiger partial charge in [0.2, 0.25) is 5.91 Å². The number of benzene rings is 1. The Balaban J connectivity index is 1.97. The molecule has 2 aromatic rings. The number of halogens is 2. The third kappa shape index (κ3) is 3.95. The topological polar surface area (TPSA) is 42.0 Å². The molecule has 0 saturated carbocycles. The zero-order valence-corrected chi connectivity index (χ0v) is 12.4. The minimum Gasteiger partial charge on any atom is -0.349 e. The van der Waals surface area contributed by atoms with Crippen LogP contribution in [-0.4, -0.2) is 10.9 Å². The van der Waals surface area contributed by atoms with Gasteiger partial charge in [0.25, 0.3) is 0 Å². The predicted octanol–water partition coefficient (Wildman–Crippen LogP) is 3.81. The highest BCUT2D eigenvalue weighted by Crippen LogP contribution is 2.22. The van der Waals surface area contributed by atoms with E-state index in [-0.39, 0.29) is 18.4 Å². The standard InChI is InChI=1S/C15H14Cl2N2O/c1-10(12-4-6-18-7-5-12)19-15(20)9-11-2-3-13(16)14(17)8-11/h2-8,10H,9H2,1H3,(H,19,20)/t10-/m1/s1. The molecule has 0 unspecified atom stereocenters. The first kappa shape index (κ1) is 14.8. The lowest BCUT2D eigenvalue weighted by Crippen LogP contribution is -2.28. The summed E-state index contributed by atoms with van der Waals surface area (Å²) in [4.78, 5) is 15.9. The minimum absolute atomic E-state index is 0.0618. The number of rotatable bonds is 4. The lowest BCUT2D eigenvalue weighted by molar-refractivity contribution is -0.121. The molecule has 0 aliphatic heterocycles. The molecule has 1 aromatic heterocycles. The Morgan fingerprint density at radius 3 is 2.55 bits per heavy atom. The molecule has 1 N–H and O–H groups in total. The maximum atomic E-state index is 12.0. The zero-order valence-electron chi connectivity index (χ0n) is 10.9. The number of hydrogen-bond donors (Lipinski definition) is 1. The molecule has 1 aromatic carbocycles. The molecule has 0 spiro atoms. The lowest BCUT2D eigenvalue weighted by Gasteiger charge is -2.14. The molecule has 0 aliphatic rings. The summed E-state index contributed by atoms with van der Waals surface area (Å²) in [5, 5.41) is 3.88. The van der Waals surface area contributed by atoms with Crippen molar-refractivity contribution < 1.29 is 4.79 Å². The number of pyridine rings is 1. The average molecular weight is 309 g/mol. The van der Waals surface area contributed by atoms with Crippen LogP contribution in [0.1, 0.15) is 24.1 Å². The third-order valence-electron chi connectivity index (χ3n) is 2.93. The first-order valence-electron chi connectivity index (χ1n) is 6.19. The highest BCUT2D eigenvalue weighted by atomic mass is 35.5. The van der Waals surface area contributed by atoms with Gasteiger partial charge < -0.3 is 5.32 Å². The largest absolute Gasteiger partial charge is 0.349 e. The summed E-state index contributed by atoms with van der Waals surface area (Å²) in [5.41, 5.74) is 1.85. The summed E-state index contributed by atoms with van der Waals surface area (Å²) in [6.07, 6.45) is 3.68. The molecule has 3 nitrogen and oxygen atoms in total. The highest BCUT2D eigenvalue weighted by Gasteiger charge is 2.10. The van der Waals surface area contributed by atoms with Crippen molar-refractivity contribution in [2.75, 3.05) is 0 Å². The van der Waals surface area contributed by atoms with Gasteiger partial charge in [0, 0.05) is 12.4 Å². The molecular formula is C15H14Cl2N2O. The third-order valence-corrected chi connectivity index (χ3v) is 3.67. The van der Waals surface area contributed by atoms with Gasteiger partial charge in [0.15, 0.2) is 0 Å². The van der Waals surface area contributed by atoms with E-state index < -0.39 is 0 Å². The van der Waals surface area contributed by atoms with Crippen molar-refractivity contribution in [1.82, 2.24) is 10.3 Å². The minimum atomic E-state index is -0.0623. The highest BCUT2D eigenvalue weighted by molar-refractivity contribution is 6.42. The maximum absolute atomic E-state index is 12.0. The predicted molar refractivity (Wildman–Crippen MR) is 81.0 cm³/mol. The van der Waals surface area contributed by atoms with E-state index in [9.17, 15) is 4.79 Å². The van der Waals surface area contributed by atoms with E-state index in [1.807, 2.05) is 19.1 Å². The Hall–Kier alpha value is -1.58. The second-order valence-corrected chi connectivity index (χ2v) is 5.31. The smallest absolute Gasteiger partial charge is 0.224 e. The molecule has 0 saturated heterocycles. The Kier molecular flexibility index (Phi) is 4.99. The molecule has 1 heterocycles. The van der Waals surface area contributed by atoms with E-state index in [0.717, 1.165) is 11.1 Å². The molecule has 0 bridgehead atoms. The summed E-state index contributed by atoms with van der Waals surface area (Å²) in [5.74, 6) is -0.0623. The van der Waals surface area contributed by atoms with Gasteiger partial charge in [-0.2, -0.15) is 0 Å². The number of aromatic nitrogens is 1. The number of amides is 1. The Morgan fingerprint density at radius 2 is 1.90 bits per heavy atom. The summed E-state index contributed by atoms with van der Waals surface area (Å²) in [7, 11) is 0. The van der Waals surface area contributed by atoms with Crippen LogP contribution < -0.4 is 5.32 Å². The van der Waals surface area contributed by atoms with Gasteiger partial charge in [-0.1, -0.05) is 29.3 Å². The van der Waals surface area contributed by atoms with E-state index in [1.54, 1.807) is 30.6 Å². The fourth-order valence-corrected chi connectivity index (χ4v) is 2.18. The van der Waals surface area contributed by atoms with E-state index in [2.05, 4.69) is 10.3 Å². The van der Waals surface area contributed by atoms with Gasteiger partial charge >= 0.3 is 0 Å². The number of carbonyl (C=O) groups excluding carboxylic acids is 1. The molecule has 104 valence electrons. The number of nitrogens with zero attached hydrogens (tertiary/aromatic N) is 1. The lowest BCUT2D eigenvalue weighted by atomic mass is 10.1. The summed E-state index contributed by atoms with van der Waals surface area (Å²) in [6, 6.07) is 8.90. The average Bonchev–Trinajstić information content (AvgIpc) is 2.44. The van der Waals surface area contributed by atoms with Gasteiger partial charge in [-0.15, -0.1) is 0 Å². The first-order chi connectivity index (χ1) is 9.56. The zero-order chi connectivity index (χ0) is 14.5. The van der Waals surface area contributed by atoms with Crippen LogP contribution in [0, 0.1) is 0 Å². The van der Waals surface area contributed by atoms with Crippen LogP contribution in [0.4, 0.5) is 0 Å². The van der Waals surface area contributed by atoms with Crippen LogP contribution in [0.2, 0.25) is 10.0 Å². The Bertz CT molecular complexity index is 602.